The third-order valence-corrected chi connectivity index (χ3v) is 4.97. The van der Waals surface area contributed by atoms with Crippen molar-refractivity contribution in [3.05, 3.63) is 77.6 Å². The average Bonchev–Trinajstić information content (AvgIpc) is 3.21. The molecule has 1 heterocycles. The highest BCUT2D eigenvalue weighted by Gasteiger charge is 2.16. The highest BCUT2D eigenvalue weighted by molar-refractivity contribution is 6.03. The maximum absolute atomic E-state index is 14.1. The third kappa shape index (κ3) is 2.95. The average molecular weight is 342 g/mol. The lowest BCUT2D eigenvalue weighted by Crippen LogP contribution is -2.17. The molecule has 0 bridgehead atoms. The van der Waals surface area contributed by atoms with Crippen LogP contribution in [0, 0.1) is 17.1 Å². The van der Waals surface area contributed by atoms with Crippen molar-refractivity contribution >= 4 is 28.1 Å². The molecular formula is C23H19FN2. The van der Waals surface area contributed by atoms with Crippen molar-refractivity contribution in [3.63, 3.8) is 0 Å². The summed E-state index contributed by atoms with van der Waals surface area (Å²) in [6.07, 6.45) is 4.23. The minimum absolute atomic E-state index is 0.335. The number of rotatable bonds is 3. The van der Waals surface area contributed by atoms with E-state index in [-0.39, 0.29) is 5.82 Å². The lowest BCUT2D eigenvalue weighted by atomic mass is 9.98. The Kier molecular flexibility index (Phi) is 4.41. The van der Waals surface area contributed by atoms with E-state index in [4.69, 9.17) is 0 Å². The molecule has 128 valence electrons. The zero-order chi connectivity index (χ0) is 17.9. The minimum Gasteiger partial charge on any atom is -0.371 e. The molecule has 0 saturated carbocycles. The van der Waals surface area contributed by atoms with Crippen LogP contribution >= 0.6 is 0 Å². The van der Waals surface area contributed by atoms with Gasteiger partial charge in [-0.2, -0.15) is 5.26 Å². The molecule has 0 aliphatic carbocycles. The van der Waals surface area contributed by atoms with Crippen molar-refractivity contribution in [2.75, 3.05) is 18.0 Å². The summed E-state index contributed by atoms with van der Waals surface area (Å²) in [6, 6.07) is 20.9. The molecule has 0 amide bonds. The standard InChI is InChI=1S/C23H19FN2/c24-22-10-4-3-8-20(22)18(16-25)15-17-11-12-23(26-13-5-6-14-26)21-9-2-1-7-19(17)21/h1-4,7-12,15H,5-6,13-14H2/b18-15-. The van der Waals surface area contributed by atoms with Gasteiger partial charge in [0, 0.05) is 29.7 Å². The number of nitriles is 1. The summed E-state index contributed by atoms with van der Waals surface area (Å²) in [4.78, 5) is 2.41. The van der Waals surface area contributed by atoms with E-state index in [0.29, 0.717) is 11.1 Å². The second kappa shape index (κ2) is 7.01. The topological polar surface area (TPSA) is 27.0 Å². The van der Waals surface area contributed by atoms with Crippen LogP contribution in [0.4, 0.5) is 10.1 Å². The number of allylic oxidation sites excluding steroid dienone is 1. The fraction of sp³-hybridized carbons (Fsp3) is 0.174. The Morgan fingerprint density at radius 3 is 2.35 bits per heavy atom. The number of hydrogen-bond donors (Lipinski definition) is 0. The third-order valence-electron chi connectivity index (χ3n) is 4.97. The van der Waals surface area contributed by atoms with Crippen LogP contribution in [-0.4, -0.2) is 13.1 Å². The van der Waals surface area contributed by atoms with Gasteiger partial charge in [-0.25, -0.2) is 4.39 Å². The zero-order valence-corrected chi connectivity index (χ0v) is 14.5. The number of anilines is 1. The van der Waals surface area contributed by atoms with Crippen molar-refractivity contribution in [2.24, 2.45) is 0 Å². The summed E-state index contributed by atoms with van der Waals surface area (Å²) < 4.78 is 14.1. The molecule has 1 fully saturated rings. The van der Waals surface area contributed by atoms with Gasteiger partial charge in [-0.3, -0.25) is 0 Å². The highest BCUT2D eigenvalue weighted by atomic mass is 19.1. The van der Waals surface area contributed by atoms with Crippen LogP contribution in [0.1, 0.15) is 24.0 Å². The van der Waals surface area contributed by atoms with Crippen LogP contribution in [-0.2, 0) is 0 Å². The van der Waals surface area contributed by atoms with Gasteiger partial charge in [0.15, 0.2) is 0 Å². The summed E-state index contributed by atoms with van der Waals surface area (Å²) >= 11 is 0. The molecule has 4 rings (SSSR count). The minimum atomic E-state index is -0.377. The highest BCUT2D eigenvalue weighted by Crippen LogP contribution is 2.33. The van der Waals surface area contributed by atoms with E-state index in [1.807, 2.05) is 18.2 Å². The van der Waals surface area contributed by atoms with E-state index < -0.39 is 0 Å². The van der Waals surface area contributed by atoms with Crippen molar-refractivity contribution in [3.8, 4) is 6.07 Å². The summed E-state index contributed by atoms with van der Waals surface area (Å²) in [6.45, 7) is 2.16. The Bertz CT molecular complexity index is 1020. The van der Waals surface area contributed by atoms with Crippen LogP contribution in [0.25, 0.3) is 22.4 Å². The van der Waals surface area contributed by atoms with E-state index in [9.17, 15) is 9.65 Å². The Morgan fingerprint density at radius 2 is 1.62 bits per heavy atom. The summed E-state index contributed by atoms with van der Waals surface area (Å²) in [5.41, 5.74) is 2.84. The van der Waals surface area contributed by atoms with E-state index >= 15 is 0 Å². The maximum atomic E-state index is 14.1. The molecule has 3 aromatic carbocycles. The molecule has 3 aromatic rings. The molecule has 2 nitrogen and oxygen atoms in total. The van der Waals surface area contributed by atoms with Gasteiger partial charge < -0.3 is 4.90 Å². The first kappa shape index (κ1) is 16.4. The SMILES string of the molecule is N#C/C(=C/c1ccc(N2CCCC2)c2ccccc12)c1ccccc1F. The molecule has 0 N–H and O–H groups in total. The van der Waals surface area contributed by atoms with Gasteiger partial charge in [0.2, 0.25) is 0 Å². The molecule has 26 heavy (non-hydrogen) atoms. The van der Waals surface area contributed by atoms with Crippen LogP contribution in [0.2, 0.25) is 0 Å². The zero-order valence-electron chi connectivity index (χ0n) is 14.5. The van der Waals surface area contributed by atoms with Gasteiger partial charge in [0.25, 0.3) is 0 Å². The van der Waals surface area contributed by atoms with Gasteiger partial charge in [-0.05, 0) is 42.0 Å². The van der Waals surface area contributed by atoms with E-state index in [0.717, 1.165) is 24.0 Å². The van der Waals surface area contributed by atoms with E-state index in [1.165, 1.54) is 30.0 Å². The lowest BCUT2D eigenvalue weighted by molar-refractivity contribution is 0.624. The molecule has 3 heteroatoms. The van der Waals surface area contributed by atoms with E-state index in [1.54, 1.807) is 24.3 Å². The van der Waals surface area contributed by atoms with Crippen molar-refractivity contribution in [1.29, 1.82) is 5.26 Å². The fourth-order valence-corrected chi connectivity index (χ4v) is 3.67. The number of nitrogens with zero attached hydrogens (tertiary/aromatic N) is 2. The number of benzene rings is 3. The lowest BCUT2D eigenvalue weighted by Gasteiger charge is -2.20. The number of halogens is 1. The Balaban J connectivity index is 1.86. The second-order valence-corrected chi connectivity index (χ2v) is 6.56. The second-order valence-electron chi connectivity index (χ2n) is 6.56. The monoisotopic (exact) mass is 342 g/mol. The first-order valence-electron chi connectivity index (χ1n) is 8.91. The van der Waals surface area contributed by atoms with Gasteiger partial charge in [0.05, 0.1) is 11.6 Å². The molecule has 1 saturated heterocycles. The number of hydrogen-bond acceptors (Lipinski definition) is 2. The number of fused-ring (bicyclic) bond motifs is 1. The predicted octanol–water partition coefficient (Wildman–Crippen LogP) is 5.64. The molecule has 0 spiro atoms. The largest absolute Gasteiger partial charge is 0.371 e. The molecular weight excluding hydrogens is 323 g/mol. The maximum Gasteiger partial charge on any atom is 0.131 e. The first-order valence-corrected chi connectivity index (χ1v) is 8.91. The summed E-state index contributed by atoms with van der Waals surface area (Å²) in [5, 5.41) is 11.8. The quantitative estimate of drug-likeness (QED) is 0.455. The van der Waals surface area contributed by atoms with Gasteiger partial charge in [0.1, 0.15) is 5.82 Å². The summed E-state index contributed by atoms with van der Waals surface area (Å²) in [5.74, 6) is -0.377. The predicted molar refractivity (Wildman–Crippen MR) is 105 cm³/mol. The molecule has 1 aliphatic heterocycles. The fourth-order valence-electron chi connectivity index (χ4n) is 3.67. The van der Waals surface area contributed by atoms with Crippen LogP contribution < -0.4 is 4.90 Å². The molecule has 0 radical (unpaired) electrons. The molecule has 0 aromatic heterocycles. The normalized spacial score (nSPS) is 14.6. The Morgan fingerprint density at radius 1 is 0.923 bits per heavy atom. The van der Waals surface area contributed by atoms with Crippen LogP contribution in [0.15, 0.2) is 60.7 Å². The van der Waals surface area contributed by atoms with Crippen molar-refractivity contribution in [2.45, 2.75) is 12.8 Å². The molecule has 0 unspecified atom stereocenters. The van der Waals surface area contributed by atoms with Crippen LogP contribution in [0.5, 0.6) is 0 Å². The summed E-state index contributed by atoms with van der Waals surface area (Å²) in [7, 11) is 0. The van der Waals surface area contributed by atoms with E-state index in [2.05, 4.69) is 29.2 Å². The van der Waals surface area contributed by atoms with Crippen LogP contribution in [0.3, 0.4) is 0 Å². The molecule has 0 atom stereocenters. The smallest absolute Gasteiger partial charge is 0.131 e. The molecule has 1 aliphatic rings. The Hall–Kier alpha value is -3.12. The van der Waals surface area contributed by atoms with Crippen molar-refractivity contribution in [1.82, 2.24) is 0 Å². The first-order chi connectivity index (χ1) is 12.8. The van der Waals surface area contributed by atoms with Gasteiger partial charge in [-0.1, -0.05) is 48.5 Å². The van der Waals surface area contributed by atoms with Gasteiger partial charge in [-0.15, -0.1) is 0 Å². The van der Waals surface area contributed by atoms with Gasteiger partial charge >= 0.3 is 0 Å². The Labute approximate surface area is 152 Å². The van der Waals surface area contributed by atoms with Crippen molar-refractivity contribution < 1.29 is 4.39 Å².